The highest BCUT2D eigenvalue weighted by Gasteiger charge is 2.34. The standard InChI is InChI=1S/C27H25NO7S/c1-3-33-25(29)17-35-22-12-11-18(15-23(22)32-2)16-24-26(30)28(27(31)36-24)13-14-34-21-10-6-8-19-7-4-5-9-20(19)21/h4-12,15-16H,3,13-14,17H2,1-2H3/b24-16-. The Labute approximate surface area is 212 Å². The summed E-state index contributed by atoms with van der Waals surface area (Å²) in [5.74, 6) is 0.583. The molecule has 0 bridgehead atoms. The van der Waals surface area contributed by atoms with E-state index < -0.39 is 5.97 Å². The van der Waals surface area contributed by atoms with Crippen molar-refractivity contribution >= 4 is 45.7 Å². The van der Waals surface area contributed by atoms with Crippen molar-refractivity contribution in [3.05, 3.63) is 71.1 Å². The number of imide groups is 1. The minimum absolute atomic E-state index is 0.134. The summed E-state index contributed by atoms with van der Waals surface area (Å²) in [5.41, 5.74) is 0.646. The first-order valence-corrected chi connectivity index (χ1v) is 12.1. The molecular weight excluding hydrogens is 482 g/mol. The number of hydrogen-bond donors (Lipinski definition) is 0. The van der Waals surface area contributed by atoms with Gasteiger partial charge in [0.25, 0.3) is 11.1 Å². The number of carbonyl (C=O) groups excluding carboxylic acids is 3. The van der Waals surface area contributed by atoms with E-state index in [0.29, 0.717) is 27.7 Å². The minimum Gasteiger partial charge on any atom is -0.493 e. The van der Waals surface area contributed by atoms with Gasteiger partial charge in [-0.25, -0.2) is 4.79 Å². The van der Waals surface area contributed by atoms with E-state index in [1.165, 1.54) is 12.0 Å². The van der Waals surface area contributed by atoms with Gasteiger partial charge in [-0.1, -0.05) is 42.5 Å². The lowest BCUT2D eigenvalue weighted by atomic mass is 10.1. The number of methoxy groups -OCH3 is 1. The average Bonchev–Trinajstić information content (AvgIpc) is 3.15. The number of benzene rings is 3. The second kappa shape index (κ2) is 11.6. The van der Waals surface area contributed by atoms with E-state index in [4.69, 9.17) is 18.9 Å². The van der Waals surface area contributed by atoms with Crippen molar-refractivity contribution in [2.24, 2.45) is 0 Å². The maximum atomic E-state index is 12.9. The molecule has 0 unspecified atom stereocenters. The Bertz CT molecular complexity index is 1320. The summed E-state index contributed by atoms with van der Waals surface area (Å²) < 4.78 is 21.6. The molecule has 186 valence electrons. The predicted molar refractivity (Wildman–Crippen MR) is 137 cm³/mol. The summed E-state index contributed by atoms with van der Waals surface area (Å²) in [6.45, 7) is 2.05. The van der Waals surface area contributed by atoms with Gasteiger partial charge in [0.2, 0.25) is 0 Å². The van der Waals surface area contributed by atoms with Gasteiger partial charge in [-0.05, 0) is 53.9 Å². The number of fused-ring (bicyclic) bond motifs is 1. The zero-order valence-corrected chi connectivity index (χ0v) is 20.7. The molecule has 3 aromatic carbocycles. The normalized spacial score (nSPS) is 14.4. The highest BCUT2D eigenvalue weighted by atomic mass is 32.2. The van der Waals surface area contributed by atoms with Crippen LogP contribution in [0.15, 0.2) is 65.6 Å². The molecule has 0 N–H and O–H groups in total. The van der Waals surface area contributed by atoms with Crippen molar-refractivity contribution in [2.75, 3.05) is 33.5 Å². The van der Waals surface area contributed by atoms with Crippen LogP contribution >= 0.6 is 11.8 Å². The van der Waals surface area contributed by atoms with E-state index in [-0.39, 0.29) is 37.5 Å². The van der Waals surface area contributed by atoms with Gasteiger partial charge in [0.1, 0.15) is 12.4 Å². The van der Waals surface area contributed by atoms with Crippen LogP contribution in [0.5, 0.6) is 17.2 Å². The van der Waals surface area contributed by atoms with E-state index in [0.717, 1.165) is 22.5 Å². The van der Waals surface area contributed by atoms with Crippen LogP contribution in [0.4, 0.5) is 4.79 Å². The molecule has 3 aromatic rings. The summed E-state index contributed by atoms with van der Waals surface area (Å²) >= 11 is 0.872. The van der Waals surface area contributed by atoms with Crippen LogP contribution in [-0.2, 0) is 14.3 Å². The van der Waals surface area contributed by atoms with Crippen molar-refractivity contribution in [1.29, 1.82) is 0 Å². The number of nitrogens with zero attached hydrogens (tertiary/aromatic N) is 1. The Morgan fingerprint density at radius 1 is 0.972 bits per heavy atom. The first-order chi connectivity index (χ1) is 17.5. The van der Waals surface area contributed by atoms with E-state index >= 15 is 0 Å². The smallest absolute Gasteiger partial charge is 0.344 e. The highest BCUT2D eigenvalue weighted by molar-refractivity contribution is 8.18. The maximum Gasteiger partial charge on any atom is 0.344 e. The van der Waals surface area contributed by atoms with Crippen LogP contribution < -0.4 is 14.2 Å². The van der Waals surface area contributed by atoms with Gasteiger partial charge in [-0.3, -0.25) is 14.5 Å². The quantitative estimate of drug-likeness (QED) is 0.283. The lowest BCUT2D eigenvalue weighted by molar-refractivity contribution is -0.145. The molecule has 9 heteroatoms. The first-order valence-electron chi connectivity index (χ1n) is 11.3. The van der Waals surface area contributed by atoms with Crippen LogP contribution in [0.2, 0.25) is 0 Å². The molecule has 1 fully saturated rings. The molecule has 2 amide bonds. The van der Waals surface area contributed by atoms with E-state index in [2.05, 4.69) is 0 Å². The maximum absolute atomic E-state index is 12.9. The van der Waals surface area contributed by atoms with Gasteiger partial charge in [-0.2, -0.15) is 0 Å². The molecule has 0 saturated carbocycles. The summed E-state index contributed by atoms with van der Waals surface area (Å²) in [6, 6.07) is 18.6. The Morgan fingerprint density at radius 2 is 1.78 bits per heavy atom. The third kappa shape index (κ3) is 5.80. The number of rotatable bonds is 10. The van der Waals surface area contributed by atoms with Gasteiger partial charge in [-0.15, -0.1) is 0 Å². The average molecular weight is 508 g/mol. The van der Waals surface area contributed by atoms with E-state index in [1.54, 1.807) is 31.2 Å². The SMILES string of the molecule is CCOC(=O)COc1ccc(/C=C2\SC(=O)N(CCOc3cccc4ccccc34)C2=O)cc1OC. The fourth-order valence-corrected chi connectivity index (χ4v) is 4.51. The van der Waals surface area contributed by atoms with Crippen molar-refractivity contribution < 1.29 is 33.3 Å². The Hall–Kier alpha value is -3.98. The van der Waals surface area contributed by atoms with Gasteiger partial charge in [0.05, 0.1) is 25.2 Å². The van der Waals surface area contributed by atoms with Crippen LogP contribution in [0.25, 0.3) is 16.8 Å². The number of thioether (sulfide) groups is 1. The highest BCUT2D eigenvalue weighted by Crippen LogP contribution is 2.34. The molecule has 0 aliphatic carbocycles. The largest absolute Gasteiger partial charge is 0.493 e. The summed E-state index contributed by atoms with van der Waals surface area (Å²) in [4.78, 5) is 38.4. The second-order valence-corrected chi connectivity index (χ2v) is 8.66. The molecule has 0 aromatic heterocycles. The first kappa shape index (κ1) is 25.1. The number of esters is 1. The minimum atomic E-state index is -0.485. The molecule has 8 nitrogen and oxygen atoms in total. The summed E-state index contributed by atoms with van der Waals surface area (Å²) in [5, 5.41) is 1.67. The van der Waals surface area contributed by atoms with Crippen molar-refractivity contribution in [3.63, 3.8) is 0 Å². The molecule has 36 heavy (non-hydrogen) atoms. The Kier molecular flexibility index (Phi) is 8.12. The fraction of sp³-hybridized carbons (Fsp3) is 0.222. The van der Waals surface area contributed by atoms with Crippen molar-refractivity contribution in [1.82, 2.24) is 4.90 Å². The lowest BCUT2D eigenvalue weighted by Gasteiger charge is -2.14. The van der Waals surface area contributed by atoms with Gasteiger partial charge in [0.15, 0.2) is 18.1 Å². The Balaban J connectivity index is 1.40. The number of amides is 2. The number of carbonyl (C=O) groups is 3. The fourth-order valence-electron chi connectivity index (χ4n) is 3.65. The molecule has 4 rings (SSSR count). The molecular formula is C27H25NO7S. The van der Waals surface area contributed by atoms with Crippen LogP contribution in [0, 0.1) is 0 Å². The third-order valence-electron chi connectivity index (χ3n) is 5.33. The summed E-state index contributed by atoms with van der Waals surface area (Å²) in [6.07, 6.45) is 1.62. The number of hydrogen-bond acceptors (Lipinski definition) is 8. The molecule has 0 atom stereocenters. The van der Waals surface area contributed by atoms with Gasteiger partial charge in [0, 0.05) is 5.39 Å². The third-order valence-corrected chi connectivity index (χ3v) is 6.24. The molecule has 1 saturated heterocycles. The summed E-state index contributed by atoms with van der Waals surface area (Å²) in [7, 11) is 1.47. The van der Waals surface area contributed by atoms with E-state index in [1.807, 2.05) is 42.5 Å². The van der Waals surface area contributed by atoms with Crippen LogP contribution in [0.3, 0.4) is 0 Å². The topological polar surface area (TPSA) is 91.4 Å². The molecule has 1 aliphatic rings. The predicted octanol–water partition coefficient (Wildman–Crippen LogP) is 4.91. The van der Waals surface area contributed by atoms with Crippen molar-refractivity contribution in [3.8, 4) is 17.2 Å². The van der Waals surface area contributed by atoms with Crippen LogP contribution in [-0.4, -0.2) is 55.5 Å². The van der Waals surface area contributed by atoms with Gasteiger partial charge >= 0.3 is 5.97 Å². The Morgan fingerprint density at radius 3 is 2.58 bits per heavy atom. The number of ether oxygens (including phenoxy) is 4. The monoisotopic (exact) mass is 507 g/mol. The zero-order valence-electron chi connectivity index (χ0n) is 19.9. The molecule has 1 aliphatic heterocycles. The zero-order chi connectivity index (χ0) is 25.5. The molecule has 0 radical (unpaired) electrons. The van der Waals surface area contributed by atoms with E-state index in [9.17, 15) is 14.4 Å². The molecule has 0 spiro atoms. The van der Waals surface area contributed by atoms with Crippen LogP contribution in [0.1, 0.15) is 12.5 Å². The second-order valence-electron chi connectivity index (χ2n) is 7.66. The molecule has 1 heterocycles. The lowest BCUT2D eigenvalue weighted by Crippen LogP contribution is -2.32. The van der Waals surface area contributed by atoms with Gasteiger partial charge < -0.3 is 18.9 Å². The van der Waals surface area contributed by atoms with Crippen molar-refractivity contribution in [2.45, 2.75) is 6.92 Å².